The summed E-state index contributed by atoms with van der Waals surface area (Å²) in [6.45, 7) is 5.60. The number of benzene rings is 1. The lowest BCUT2D eigenvalue weighted by Crippen LogP contribution is -2.29. The molecule has 3 rings (SSSR count). The third-order valence-electron chi connectivity index (χ3n) is 4.34. The van der Waals surface area contributed by atoms with E-state index in [1.807, 2.05) is 49.5 Å². The fourth-order valence-electron chi connectivity index (χ4n) is 3.07. The zero-order valence-corrected chi connectivity index (χ0v) is 14.7. The minimum Gasteiger partial charge on any atom is -0.370 e. The quantitative estimate of drug-likeness (QED) is 0.852. The van der Waals surface area contributed by atoms with Gasteiger partial charge >= 0.3 is 0 Å². The number of amides is 1. The lowest BCUT2D eigenvalue weighted by Gasteiger charge is -2.17. The van der Waals surface area contributed by atoms with Crippen molar-refractivity contribution < 1.29 is 4.79 Å². The molecule has 0 saturated heterocycles. The van der Waals surface area contributed by atoms with Gasteiger partial charge in [0.15, 0.2) is 0 Å². The molecular weight excluding hydrogens is 312 g/mol. The molecule has 1 aromatic carbocycles. The topological polar surface area (TPSA) is 66.4 Å². The Bertz CT molecular complexity index is 771. The van der Waals surface area contributed by atoms with E-state index in [0.717, 1.165) is 41.2 Å². The van der Waals surface area contributed by atoms with E-state index >= 15 is 0 Å². The van der Waals surface area contributed by atoms with Crippen molar-refractivity contribution in [2.24, 2.45) is 4.99 Å². The number of carbonyl (C=O) groups excluding carboxylic acids is 1. The van der Waals surface area contributed by atoms with Crippen LogP contribution in [0.15, 0.2) is 47.6 Å². The van der Waals surface area contributed by atoms with Gasteiger partial charge in [0.05, 0.1) is 24.7 Å². The van der Waals surface area contributed by atoms with Crippen LogP contribution in [0.4, 0.5) is 0 Å². The molecule has 25 heavy (non-hydrogen) atoms. The molecule has 2 aromatic rings. The first-order valence-electron chi connectivity index (χ1n) is 8.82. The van der Waals surface area contributed by atoms with Gasteiger partial charge in [-0.1, -0.05) is 37.3 Å². The first-order valence-corrected chi connectivity index (χ1v) is 8.82. The van der Waals surface area contributed by atoms with Gasteiger partial charge in [-0.3, -0.25) is 14.8 Å². The van der Waals surface area contributed by atoms with Crippen LogP contribution in [0.5, 0.6) is 0 Å². The molecule has 1 amide bonds. The summed E-state index contributed by atoms with van der Waals surface area (Å²) in [6, 6.07) is 12.1. The van der Waals surface area contributed by atoms with E-state index in [1.165, 1.54) is 0 Å². The summed E-state index contributed by atoms with van der Waals surface area (Å²) in [6.07, 6.45) is 2.96. The van der Waals surface area contributed by atoms with Gasteiger partial charge in [0, 0.05) is 18.3 Å². The van der Waals surface area contributed by atoms with Crippen molar-refractivity contribution in [3.63, 3.8) is 0 Å². The molecule has 5 heteroatoms. The van der Waals surface area contributed by atoms with Gasteiger partial charge in [0.25, 0.3) is 0 Å². The van der Waals surface area contributed by atoms with Crippen LogP contribution in [0.2, 0.25) is 0 Å². The molecule has 0 aliphatic carbocycles. The molecule has 0 fully saturated rings. The van der Waals surface area contributed by atoms with Crippen molar-refractivity contribution in [3.05, 3.63) is 65.0 Å². The molecular formula is C20H24N4O. The van der Waals surface area contributed by atoms with Crippen LogP contribution in [0, 0.1) is 0 Å². The van der Waals surface area contributed by atoms with Gasteiger partial charge in [-0.2, -0.15) is 0 Å². The Balaban J connectivity index is 1.64. The van der Waals surface area contributed by atoms with E-state index in [4.69, 9.17) is 0 Å². The summed E-state index contributed by atoms with van der Waals surface area (Å²) in [5.41, 5.74) is 4.08. The van der Waals surface area contributed by atoms with E-state index in [0.29, 0.717) is 6.54 Å². The van der Waals surface area contributed by atoms with Crippen LogP contribution in [0.25, 0.3) is 0 Å². The molecule has 1 unspecified atom stereocenters. The monoisotopic (exact) mass is 336 g/mol. The first-order chi connectivity index (χ1) is 12.2. The minimum atomic E-state index is -0.00558. The number of nitrogens with one attached hydrogen (secondary N) is 2. The van der Waals surface area contributed by atoms with Gasteiger partial charge in [-0.25, -0.2) is 0 Å². The smallest absolute Gasteiger partial charge is 0.226 e. The summed E-state index contributed by atoms with van der Waals surface area (Å²) < 4.78 is 0. The van der Waals surface area contributed by atoms with Crippen LogP contribution in [0.3, 0.4) is 0 Å². The fourth-order valence-corrected chi connectivity index (χ4v) is 3.07. The number of fused-ring (bicyclic) bond motifs is 1. The van der Waals surface area contributed by atoms with Gasteiger partial charge < -0.3 is 10.6 Å². The Labute approximate surface area is 148 Å². The third kappa shape index (κ3) is 4.05. The van der Waals surface area contributed by atoms with Crippen molar-refractivity contribution in [3.8, 4) is 0 Å². The first kappa shape index (κ1) is 17.1. The average Bonchev–Trinajstić information content (AvgIpc) is 3.03. The van der Waals surface area contributed by atoms with E-state index in [1.54, 1.807) is 0 Å². The number of rotatable bonds is 6. The highest BCUT2D eigenvalue weighted by atomic mass is 16.1. The van der Waals surface area contributed by atoms with Gasteiger partial charge in [0.1, 0.15) is 5.84 Å². The minimum absolute atomic E-state index is 0.00558. The van der Waals surface area contributed by atoms with Gasteiger partial charge in [-0.05, 0) is 30.5 Å². The molecule has 1 aliphatic rings. The second kappa shape index (κ2) is 7.92. The van der Waals surface area contributed by atoms with E-state index in [9.17, 15) is 4.79 Å². The maximum atomic E-state index is 12.4. The summed E-state index contributed by atoms with van der Waals surface area (Å²) in [4.78, 5) is 21.4. The van der Waals surface area contributed by atoms with E-state index in [-0.39, 0.29) is 18.4 Å². The fraction of sp³-hybridized carbons (Fsp3) is 0.350. The number of hydrogen-bond donors (Lipinski definition) is 2. The normalized spacial score (nSPS) is 13.8. The highest BCUT2D eigenvalue weighted by Crippen LogP contribution is 2.19. The Morgan fingerprint density at radius 1 is 1.24 bits per heavy atom. The van der Waals surface area contributed by atoms with Crippen LogP contribution in [-0.2, 0) is 17.8 Å². The molecule has 0 radical (unpaired) electrons. The largest absolute Gasteiger partial charge is 0.370 e. The summed E-state index contributed by atoms with van der Waals surface area (Å²) in [5, 5.41) is 6.35. The number of amidine groups is 1. The maximum Gasteiger partial charge on any atom is 0.226 e. The van der Waals surface area contributed by atoms with Crippen LogP contribution in [-0.4, -0.2) is 23.3 Å². The van der Waals surface area contributed by atoms with Crippen molar-refractivity contribution in [1.29, 1.82) is 0 Å². The van der Waals surface area contributed by atoms with E-state index < -0.39 is 0 Å². The molecule has 1 aromatic heterocycles. The number of aromatic nitrogens is 1. The Morgan fingerprint density at radius 3 is 2.76 bits per heavy atom. The Morgan fingerprint density at radius 2 is 2.04 bits per heavy atom. The zero-order valence-electron chi connectivity index (χ0n) is 14.7. The van der Waals surface area contributed by atoms with Crippen molar-refractivity contribution in [1.82, 2.24) is 15.6 Å². The van der Waals surface area contributed by atoms with Crippen LogP contribution < -0.4 is 10.6 Å². The number of nitrogens with zero attached hydrogens (tertiary/aromatic N) is 2. The third-order valence-corrected chi connectivity index (χ3v) is 4.34. The van der Waals surface area contributed by atoms with Crippen molar-refractivity contribution in [2.75, 3.05) is 6.54 Å². The second-order valence-corrected chi connectivity index (χ2v) is 6.14. The number of pyridine rings is 1. The lowest BCUT2D eigenvalue weighted by molar-refractivity contribution is -0.121. The van der Waals surface area contributed by atoms with Gasteiger partial charge in [0.2, 0.25) is 5.91 Å². The van der Waals surface area contributed by atoms with E-state index in [2.05, 4.69) is 27.5 Å². The Hall–Kier alpha value is -2.69. The molecule has 2 N–H and O–H groups in total. The SMILES string of the molecule is CCNC1=NCc2cc(CC(=O)NC(CC)c3ccccc3)ncc21. The predicted octanol–water partition coefficient (Wildman–Crippen LogP) is 2.76. The van der Waals surface area contributed by atoms with Crippen LogP contribution in [0.1, 0.15) is 48.7 Å². The summed E-state index contributed by atoms with van der Waals surface area (Å²) >= 11 is 0. The second-order valence-electron chi connectivity index (χ2n) is 6.14. The standard InChI is InChI=1S/C20H24N4O/c1-3-18(14-8-6-5-7-9-14)24-19(25)11-16-10-15-12-23-20(21-4-2)17(15)13-22-16/h5-10,13,18H,3-4,11-12H2,1-2H3,(H,21,23)(H,24,25). The molecule has 1 aliphatic heterocycles. The summed E-state index contributed by atoms with van der Waals surface area (Å²) in [5.74, 6) is 0.894. The molecule has 5 nitrogen and oxygen atoms in total. The highest BCUT2D eigenvalue weighted by molar-refractivity contribution is 6.01. The zero-order chi connectivity index (χ0) is 17.6. The number of hydrogen-bond acceptors (Lipinski definition) is 4. The predicted molar refractivity (Wildman–Crippen MR) is 99.5 cm³/mol. The number of aliphatic imine (C=N–C) groups is 1. The molecule has 1 atom stereocenters. The van der Waals surface area contributed by atoms with Crippen molar-refractivity contribution in [2.45, 2.75) is 39.3 Å². The van der Waals surface area contributed by atoms with Gasteiger partial charge in [-0.15, -0.1) is 0 Å². The molecule has 0 saturated carbocycles. The summed E-state index contributed by atoms with van der Waals surface area (Å²) in [7, 11) is 0. The molecule has 0 spiro atoms. The number of carbonyl (C=O) groups is 1. The highest BCUT2D eigenvalue weighted by Gasteiger charge is 2.18. The average molecular weight is 336 g/mol. The van der Waals surface area contributed by atoms with Crippen molar-refractivity contribution >= 4 is 11.7 Å². The molecule has 0 bridgehead atoms. The molecule has 2 heterocycles. The van der Waals surface area contributed by atoms with Crippen LogP contribution >= 0.6 is 0 Å². The molecule has 130 valence electrons. The maximum absolute atomic E-state index is 12.4. The Kier molecular flexibility index (Phi) is 5.43. The lowest BCUT2D eigenvalue weighted by atomic mass is 10.0.